The second-order valence-corrected chi connectivity index (χ2v) is 4.86. The van der Waals surface area contributed by atoms with Gasteiger partial charge in [0.05, 0.1) is 6.10 Å². The first-order valence-electron chi connectivity index (χ1n) is 6.18. The van der Waals surface area contributed by atoms with E-state index in [2.05, 4.69) is 32.0 Å². The first-order valence-corrected chi connectivity index (χ1v) is 6.18. The molecule has 2 unspecified atom stereocenters. The Balaban J connectivity index is 2.45. The molecule has 2 heteroatoms. The molecule has 0 spiro atoms. The lowest BCUT2D eigenvalue weighted by Crippen LogP contribution is -2.42. The third-order valence-electron chi connectivity index (χ3n) is 3.58. The van der Waals surface area contributed by atoms with E-state index in [9.17, 15) is 0 Å². The van der Waals surface area contributed by atoms with Gasteiger partial charge in [-0.25, -0.2) is 0 Å². The van der Waals surface area contributed by atoms with Gasteiger partial charge >= 0.3 is 0 Å². The summed E-state index contributed by atoms with van der Waals surface area (Å²) in [4.78, 5) is 0. The molecule has 88 valence electrons. The van der Waals surface area contributed by atoms with E-state index in [0.29, 0.717) is 6.54 Å². The molecule has 0 radical (unpaired) electrons. The molecule has 0 aliphatic carbocycles. The SMILES string of the molecule is CCCC1(CN)CC(C)Oc2ccccc21. The minimum atomic E-state index is 0.128. The van der Waals surface area contributed by atoms with Crippen molar-refractivity contribution in [1.82, 2.24) is 0 Å². The standard InChI is InChI=1S/C14H21NO/c1-3-8-14(10-15)9-11(2)16-13-7-5-4-6-12(13)14/h4-7,11H,3,8-10,15H2,1-2H3. The quantitative estimate of drug-likeness (QED) is 0.848. The van der Waals surface area contributed by atoms with Crippen molar-refractivity contribution in [3.05, 3.63) is 29.8 Å². The van der Waals surface area contributed by atoms with Crippen LogP contribution in [-0.4, -0.2) is 12.6 Å². The molecule has 1 aliphatic rings. The van der Waals surface area contributed by atoms with E-state index in [1.807, 2.05) is 6.07 Å². The highest BCUT2D eigenvalue weighted by molar-refractivity contribution is 5.42. The summed E-state index contributed by atoms with van der Waals surface area (Å²) in [6.45, 7) is 5.07. The molecule has 1 aromatic rings. The highest BCUT2D eigenvalue weighted by Gasteiger charge is 2.38. The molecule has 1 heterocycles. The average molecular weight is 219 g/mol. The fourth-order valence-electron chi connectivity index (χ4n) is 2.94. The third-order valence-corrected chi connectivity index (χ3v) is 3.58. The van der Waals surface area contributed by atoms with E-state index in [4.69, 9.17) is 10.5 Å². The molecule has 2 rings (SSSR count). The molecular weight excluding hydrogens is 198 g/mol. The lowest BCUT2D eigenvalue weighted by molar-refractivity contribution is 0.133. The molecule has 1 aromatic carbocycles. The van der Waals surface area contributed by atoms with Crippen molar-refractivity contribution in [3.63, 3.8) is 0 Å². The van der Waals surface area contributed by atoms with Gasteiger partial charge in [-0.05, 0) is 25.8 Å². The average Bonchev–Trinajstić information content (AvgIpc) is 2.29. The number of hydrogen-bond donors (Lipinski definition) is 1. The molecule has 0 saturated carbocycles. The zero-order valence-electron chi connectivity index (χ0n) is 10.2. The van der Waals surface area contributed by atoms with E-state index in [1.165, 1.54) is 5.56 Å². The summed E-state index contributed by atoms with van der Waals surface area (Å²) in [7, 11) is 0. The lowest BCUT2D eigenvalue weighted by Gasteiger charge is -2.41. The summed E-state index contributed by atoms with van der Waals surface area (Å²) in [5.74, 6) is 1.03. The van der Waals surface area contributed by atoms with Gasteiger partial charge in [0.1, 0.15) is 5.75 Å². The van der Waals surface area contributed by atoms with Gasteiger partial charge in [-0.15, -0.1) is 0 Å². The van der Waals surface area contributed by atoms with Gasteiger partial charge in [0.2, 0.25) is 0 Å². The molecule has 0 fully saturated rings. The van der Waals surface area contributed by atoms with Gasteiger partial charge in [0.25, 0.3) is 0 Å². The number of benzene rings is 1. The van der Waals surface area contributed by atoms with Gasteiger partial charge in [-0.2, -0.15) is 0 Å². The third kappa shape index (κ3) is 1.82. The van der Waals surface area contributed by atoms with Crippen LogP contribution in [0.4, 0.5) is 0 Å². The van der Waals surface area contributed by atoms with Crippen molar-refractivity contribution in [2.45, 2.75) is 44.6 Å². The van der Waals surface area contributed by atoms with E-state index >= 15 is 0 Å². The van der Waals surface area contributed by atoms with Crippen LogP contribution in [-0.2, 0) is 5.41 Å². The molecule has 2 nitrogen and oxygen atoms in total. The molecule has 0 amide bonds. The maximum absolute atomic E-state index is 6.05. The van der Waals surface area contributed by atoms with Crippen molar-refractivity contribution >= 4 is 0 Å². The number of para-hydroxylation sites is 1. The van der Waals surface area contributed by atoms with E-state index in [1.54, 1.807) is 0 Å². The van der Waals surface area contributed by atoms with Crippen LogP contribution >= 0.6 is 0 Å². The second-order valence-electron chi connectivity index (χ2n) is 4.86. The lowest BCUT2D eigenvalue weighted by atomic mass is 9.71. The number of nitrogens with two attached hydrogens (primary N) is 1. The fraction of sp³-hybridized carbons (Fsp3) is 0.571. The Morgan fingerprint density at radius 1 is 1.44 bits per heavy atom. The second kappa shape index (κ2) is 4.46. The largest absolute Gasteiger partial charge is 0.490 e. The van der Waals surface area contributed by atoms with E-state index in [-0.39, 0.29) is 11.5 Å². The summed E-state index contributed by atoms with van der Waals surface area (Å²) in [6, 6.07) is 8.34. The van der Waals surface area contributed by atoms with Crippen molar-refractivity contribution in [2.75, 3.05) is 6.54 Å². The molecule has 0 saturated heterocycles. The smallest absolute Gasteiger partial charge is 0.123 e. The summed E-state index contributed by atoms with van der Waals surface area (Å²) in [5, 5.41) is 0. The number of rotatable bonds is 3. The monoisotopic (exact) mass is 219 g/mol. The minimum Gasteiger partial charge on any atom is -0.490 e. The molecule has 2 N–H and O–H groups in total. The van der Waals surface area contributed by atoms with Crippen LogP contribution in [0.5, 0.6) is 5.75 Å². The van der Waals surface area contributed by atoms with Gasteiger partial charge in [0, 0.05) is 17.5 Å². The van der Waals surface area contributed by atoms with Crippen LogP contribution in [0.25, 0.3) is 0 Å². The maximum Gasteiger partial charge on any atom is 0.123 e. The van der Waals surface area contributed by atoms with Crippen LogP contribution in [0.15, 0.2) is 24.3 Å². The van der Waals surface area contributed by atoms with Gasteiger partial charge in [0.15, 0.2) is 0 Å². The Morgan fingerprint density at radius 3 is 2.88 bits per heavy atom. The maximum atomic E-state index is 6.05. The molecular formula is C14H21NO. The normalized spacial score (nSPS) is 28.3. The Morgan fingerprint density at radius 2 is 2.19 bits per heavy atom. The Labute approximate surface area is 97.8 Å². The van der Waals surface area contributed by atoms with Crippen LogP contribution in [0.2, 0.25) is 0 Å². The fourth-order valence-corrected chi connectivity index (χ4v) is 2.94. The van der Waals surface area contributed by atoms with Gasteiger partial charge < -0.3 is 10.5 Å². The summed E-state index contributed by atoms with van der Waals surface area (Å²) in [5.41, 5.74) is 7.48. The predicted octanol–water partition coefficient (Wildman–Crippen LogP) is 2.85. The van der Waals surface area contributed by atoms with Crippen molar-refractivity contribution in [1.29, 1.82) is 0 Å². The van der Waals surface area contributed by atoms with Gasteiger partial charge in [-0.3, -0.25) is 0 Å². The molecule has 0 bridgehead atoms. The van der Waals surface area contributed by atoms with Crippen molar-refractivity contribution in [3.8, 4) is 5.75 Å². The van der Waals surface area contributed by atoms with Gasteiger partial charge in [-0.1, -0.05) is 31.5 Å². The zero-order valence-corrected chi connectivity index (χ0v) is 10.2. The molecule has 1 aliphatic heterocycles. The highest BCUT2D eigenvalue weighted by Crippen LogP contribution is 2.43. The van der Waals surface area contributed by atoms with Crippen LogP contribution in [0, 0.1) is 0 Å². The van der Waals surface area contributed by atoms with Crippen LogP contribution in [0.3, 0.4) is 0 Å². The topological polar surface area (TPSA) is 35.2 Å². The van der Waals surface area contributed by atoms with Crippen molar-refractivity contribution in [2.24, 2.45) is 5.73 Å². The molecule has 2 atom stereocenters. The summed E-state index contributed by atoms with van der Waals surface area (Å²) < 4.78 is 5.88. The number of fused-ring (bicyclic) bond motifs is 1. The van der Waals surface area contributed by atoms with Crippen LogP contribution < -0.4 is 10.5 Å². The molecule has 0 aromatic heterocycles. The Kier molecular flexibility index (Phi) is 3.20. The predicted molar refractivity (Wildman–Crippen MR) is 66.8 cm³/mol. The Hall–Kier alpha value is -1.02. The van der Waals surface area contributed by atoms with Crippen LogP contribution in [0.1, 0.15) is 38.7 Å². The first kappa shape index (κ1) is 11.5. The summed E-state index contributed by atoms with van der Waals surface area (Å²) in [6.07, 6.45) is 3.62. The Bertz CT molecular complexity index is 364. The summed E-state index contributed by atoms with van der Waals surface area (Å²) >= 11 is 0. The minimum absolute atomic E-state index is 0.128. The van der Waals surface area contributed by atoms with E-state index in [0.717, 1.165) is 25.0 Å². The van der Waals surface area contributed by atoms with E-state index < -0.39 is 0 Å². The number of hydrogen-bond acceptors (Lipinski definition) is 2. The van der Waals surface area contributed by atoms with Crippen molar-refractivity contribution < 1.29 is 4.74 Å². The molecule has 16 heavy (non-hydrogen) atoms. The number of ether oxygens (including phenoxy) is 1. The zero-order chi connectivity index (χ0) is 11.6. The first-order chi connectivity index (χ1) is 7.72. The highest BCUT2D eigenvalue weighted by atomic mass is 16.5.